The van der Waals surface area contributed by atoms with Gasteiger partial charge < -0.3 is 20.5 Å². The molecule has 178 valence electrons. The van der Waals surface area contributed by atoms with Crippen LogP contribution in [0.25, 0.3) is 0 Å². The van der Waals surface area contributed by atoms with E-state index in [1.54, 1.807) is 24.3 Å². The Kier molecular flexibility index (Phi) is 9.35. The fraction of sp³-hybridized carbons (Fsp3) is 0.346. The predicted octanol–water partition coefficient (Wildman–Crippen LogP) is 0.715. The number of aliphatic hydroxyl groups excluding tert-OH is 1. The first-order valence-corrected chi connectivity index (χ1v) is 11.2. The van der Waals surface area contributed by atoms with Crippen LogP contribution < -0.4 is 10.6 Å². The molecule has 8 nitrogen and oxygen atoms in total. The summed E-state index contributed by atoms with van der Waals surface area (Å²) in [7, 11) is 1.35. The Hall–Kier alpha value is -3.51. The number of benzene rings is 2. The van der Waals surface area contributed by atoms with Gasteiger partial charge in [0.15, 0.2) is 11.8 Å². The summed E-state index contributed by atoms with van der Waals surface area (Å²) in [6.45, 7) is 3.64. The number of aliphatic hydroxyl groups is 1. The van der Waals surface area contributed by atoms with Crippen LogP contribution in [-0.4, -0.2) is 73.6 Å². The number of carbonyl (C=O) groups excluding carboxylic acids is 3. The van der Waals surface area contributed by atoms with Gasteiger partial charge in [0.25, 0.3) is 5.91 Å². The van der Waals surface area contributed by atoms with Crippen LogP contribution >= 0.6 is 0 Å². The maximum Gasteiger partial charge on any atom is 0.252 e. The molecule has 8 heteroatoms. The van der Waals surface area contributed by atoms with Crippen LogP contribution in [0.2, 0.25) is 0 Å². The van der Waals surface area contributed by atoms with Crippen LogP contribution in [-0.2, 0) is 20.9 Å². The highest BCUT2D eigenvalue weighted by molar-refractivity contribution is 6.10. The largest absolute Gasteiger partial charge is 0.388 e. The number of hydrogen-bond acceptors (Lipinski definition) is 6. The smallest absolute Gasteiger partial charge is 0.252 e. The van der Waals surface area contributed by atoms with Gasteiger partial charge in [-0.05, 0) is 48.4 Å². The van der Waals surface area contributed by atoms with Gasteiger partial charge >= 0.3 is 0 Å². The van der Waals surface area contributed by atoms with Crippen LogP contribution in [0, 0.1) is 11.8 Å². The second-order valence-electron chi connectivity index (χ2n) is 7.91. The van der Waals surface area contributed by atoms with Crippen molar-refractivity contribution < 1.29 is 24.2 Å². The van der Waals surface area contributed by atoms with E-state index in [9.17, 15) is 14.4 Å². The van der Waals surface area contributed by atoms with E-state index in [0.717, 1.165) is 50.4 Å². The van der Waals surface area contributed by atoms with Crippen molar-refractivity contribution in [2.45, 2.75) is 19.0 Å². The van der Waals surface area contributed by atoms with Crippen molar-refractivity contribution in [1.29, 1.82) is 0 Å². The Morgan fingerprint density at radius 2 is 1.65 bits per heavy atom. The fourth-order valence-corrected chi connectivity index (χ4v) is 3.50. The minimum Gasteiger partial charge on any atom is -0.388 e. The number of likely N-dealkylation sites (N-methyl/N-ethyl adjacent to an activating group) is 1. The molecule has 34 heavy (non-hydrogen) atoms. The highest BCUT2D eigenvalue weighted by Crippen LogP contribution is 2.10. The molecule has 1 unspecified atom stereocenters. The zero-order valence-electron chi connectivity index (χ0n) is 19.2. The van der Waals surface area contributed by atoms with E-state index in [1.165, 1.54) is 12.6 Å². The summed E-state index contributed by atoms with van der Waals surface area (Å²) in [5.74, 6) is 4.11. The van der Waals surface area contributed by atoms with Gasteiger partial charge in [-0.25, -0.2) is 0 Å². The molecular weight excluding hydrogens is 434 g/mol. The summed E-state index contributed by atoms with van der Waals surface area (Å²) in [6, 6.07) is 13.2. The first kappa shape index (κ1) is 25.1. The van der Waals surface area contributed by atoms with Crippen LogP contribution in [0.5, 0.6) is 0 Å². The zero-order chi connectivity index (χ0) is 24.3. The number of carbonyl (C=O) groups is 3. The zero-order valence-corrected chi connectivity index (χ0v) is 19.2. The second-order valence-corrected chi connectivity index (χ2v) is 7.91. The van der Waals surface area contributed by atoms with Gasteiger partial charge in [-0.2, -0.15) is 0 Å². The maximum absolute atomic E-state index is 12.4. The van der Waals surface area contributed by atoms with Crippen molar-refractivity contribution >= 4 is 17.6 Å². The van der Waals surface area contributed by atoms with Crippen molar-refractivity contribution in [2.24, 2.45) is 0 Å². The molecule has 1 aliphatic heterocycles. The van der Waals surface area contributed by atoms with Crippen LogP contribution in [0.15, 0.2) is 48.5 Å². The summed E-state index contributed by atoms with van der Waals surface area (Å²) < 4.78 is 5.50. The summed E-state index contributed by atoms with van der Waals surface area (Å²) >= 11 is 0. The molecule has 1 saturated heterocycles. The van der Waals surface area contributed by atoms with Crippen LogP contribution in [0.3, 0.4) is 0 Å². The van der Waals surface area contributed by atoms with Crippen LogP contribution in [0.1, 0.15) is 33.5 Å². The van der Waals surface area contributed by atoms with E-state index in [2.05, 4.69) is 39.5 Å². The Morgan fingerprint density at radius 1 is 1.00 bits per heavy atom. The topological polar surface area (TPSA) is 108 Å². The van der Waals surface area contributed by atoms with Crippen molar-refractivity contribution in [3.05, 3.63) is 70.8 Å². The molecule has 1 atom stereocenters. The Balaban J connectivity index is 1.59. The molecule has 0 aliphatic carbocycles. The summed E-state index contributed by atoms with van der Waals surface area (Å²) in [5, 5.41) is 13.7. The number of rotatable bonds is 7. The van der Waals surface area contributed by atoms with Crippen molar-refractivity contribution in [3.63, 3.8) is 0 Å². The number of amides is 2. The van der Waals surface area contributed by atoms with Gasteiger partial charge in [0.1, 0.15) is 6.61 Å². The van der Waals surface area contributed by atoms with Crippen molar-refractivity contribution in [1.82, 2.24) is 15.5 Å². The van der Waals surface area contributed by atoms with Gasteiger partial charge in [-0.1, -0.05) is 24.0 Å². The molecule has 2 aromatic carbocycles. The lowest BCUT2D eigenvalue weighted by molar-refractivity contribution is -0.132. The summed E-state index contributed by atoms with van der Waals surface area (Å²) in [4.78, 5) is 38.3. The number of ketones is 1. The minimum absolute atomic E-state index is 0.272. The fourth-order valence-electron chi connectivity index (χ4n) is 3.50. The standard InChI is InChI=1S/C26H29N3O5/c1-27-26(33)24(23(31)18-30)28-25(32)22-11-9-20(10-12-22)4-3-19-5-7-21(8-6-19)17-29-13-2-15-34-16-14-29/h5-12,24,30H,2,13-18H2,1H3,(H,27,33)(H,28,32). The van der Waals surface area contributed by atoms with Gasteiger partial charge in [-0.3, -0.25) is 19.3 Å². The quantitative estimate of drug-likeness (QED) is 0.413. The molecule has 1 heterocycles. The molecule has 1 fully saturated rings. The Labute approximate surface area is 199 Å². The molecular formula is C26H29N3O5. The summed E-state index contributed by atoms with van der Waals surface area (Å²) in [5.41, 5.74) is 3.12. The van der Waals surface area contributed by atoms with Gasteiger partial charge in [-0.15, -0.1) is 0 Å². The van der Waals surface area contributed by atoms with Crippen molar-refractivity contribution in [2.75, 3.05) is 40.0 Å². The maximum atomic E-state index is 12.4. The first-order chi connectivity index (χ1) is 16.5. The molecule has 2 aromatic rings. The molecule has 3 N–H and O–H groups in total. The average Bonchev–Trinajstić information content (AvgIpc) is 3.14. The van der Waals surface area contributed by atoms with Gasteiger partial charge in [0.2, 0.25) is 5.91 Å². The van der Waals surface area contributed by atoms with Gasteiger partial charge in [0.05, 0.1) is 6.61 Å². The molecule has 3 rings (SSSR count). The predicted molar refractivity (Wildman–Crippen MR) is 127 cm³/mol. The lowest BCUT2D eigenvalue weighted by Crippen LogP contribution is -2.51. The third kappa shape index (κ3) is 7.25. The highest BCUT2D eigenvalue weighted by Gasteiger charge is 2.27. The number of Topliss-reactive ketones (excluding diaryl/α,β-unsaturated/α-hetero) is 1. The minimum atomic E-state index is -1.45. The normalized spacial score (nSPS) is 14.8. The third-order valence-corrected chi connectivity index (χ3v) is 5.44. The van der Waals surface area contributed by atoms with E-state index in [4.69, 9.17) is 9.84 Å². The Morgan fingerprint density at radius 3 is 2.26 bits per heavy atom. The lowest BCUT2D eigenvalue weighted by atomic mass is 10.1. The summed E-state index contributed by atoms with van der Waals surface area (Å²) in [6.07, 6.45) is 1.06. The second kappa shape index (κ2) is 12.7. The monoisotopic (exact) mass is 463 g/mol. The highest BCUT2D eigenvalue weighted by atomic mass is 16.5. The first-order valence-electron chi connectivity index (χ1n) is 11.2. The molecule has 0 radical (unpaired) electrons. The van der Waals surface area contributed by atoms with E-state index < -0.39 is 30.2 Å². The number of ether oxygens (including phenoxy) is 1. The third-order valence-electron chi connectivity index (χ3n) is 5.44. The number of hydrogen-bond donors (Lipinski definition) is 3. The number of nitrogens with one attached hydrogen (secondary N) is 2. The molecule has 0 spiro atoms. The van der Waals surface area contributed by atoms with E-state index in [-0.39, 0.29) is 5.56 Å². The molecule has 2 amide bonds. The SMILES string of the molecule is CNC(=O)C(NC(=O)c1ccc(C#Cc2ccc(CN3CCCOCC3)cc2)cc1)C(=O)CO. The molecule has 1 aliphatic rings. The molecule has 0 saturated carbocycles. The Bertz CT molecular complexity index is 1030. The average molecular weight is 464 g/mol. The van der Waals surface area contributed by atoms with E-state index in [1.807, 2.05) is 12.1 Å². The molecule has 0 bridgehead atoms. The van der Waals surface area contributed by atoms with E-state index >= 15 is 0 Å². The lowest BCUT2D eigenvalue weighted by Gasteiger charge is -2.18. The molecule has 0 aromatic heterocycles. The van der Waals surface area contributed by atoms with Crippen molar-refractivity contribution in [3.8, 4) is 11.8 Å². The van der Waals surface area contributed by atoms with E-state index in [0.29, 0.717) is 0 Å². The van der Waals surface area contributed by atoms with Gasteiger partial charge in [0, 0.05) is 50.0 Å². The van der Waals surface area contributed by atoms with Crippen LogP contribution in [0.4, 0.5) is 0 Å². The number of nitrogens with zero attached hydrogens (tertiary/aromatic N) is 1.